The summed E-state index contributed by atoms with van der Waals surface area (Å²) in [5, 5.41) is 136. The third kappa shape index (κ3) is 39.5. The van der Waals surface area contributed by atoms with Gasteiger partial charge in [0.2, 0.25) is 94.5 Å². The van der Waals surface area contributed by atoms with Crippen LogP contribution in [-0.2, 0) is 122 Å². The van der Waals surface area contributed by atoms with Crippen LogP contribution in [0.5, 0.6) is 11.5 Å². The van der Waals surface area contributed by atoms with Crippen molar-refractivity contribution in [2.24, 2.45) is 23.1 Å². The van der Waals surface area contributed by atoms with Gasteiger partial charge in [0.1, 0.15) is 95.6 Å². The Balaban J connectivity index is 1.57. The Morgan fingerprint density at radius 3 is 1.25 bits per heavy atom. The number of aromatic amines is 1. The number of imidazole rings is 1. The third-order valence-electron chi connectivity index (χ3n) is 20.0. The molecule has 1 heterocycles. The number of carbonyl (C=O) groups is 20. The second-order valence-electron chi connectivity index (χ2n) is 32.0. The van der Waals surface area contributed by atoms with Crippen molar-refractivity contribution in [2.75, 3.05) is 26.3 Å². The molecule has 32 N–H and O–H groups in total. The molecule has 0 spiro atoms. The lowest BCUT2D eigenvalue weighted by Crippen LogP contribution is -2.63. The monoisotopic (exact) mass is 1870 g/mol. The molecular formula is C83H118N20O30. The highest BCUT2D eigenvalue weighted by Gasteiger charge is 2.41. The van der Waals surface area contributed by atoms with E-state index in [-0.39, 0.29) is 61.3 Å². The third-order valence-corrected chi connectivity index (χ3v) is 20.0. The lowest BCUT2D eigenvalue weighted by molar-refractivity contribution is -0.144. The number of carboxylic acid groups (broad SMARTS) is 4. The first-order valence-electron chi connectivity index (χ1n) is 41.9. The van der Waals surface area contributed by atoms with Gasteiger partial charge < -0.3 is 153 Å². The highest BCUT2D eigenvalue weighted by molar-refractivity contribution is 6.02. The van der Waals surface area contributed by atoms with Gasteiger partial charge in [-0.1, -0.05) is 68.4 Å². The van der Waals surface area contributed by atoms with E-state index in [1.165, 1.54) is 74.9 Å². The summed E-state index contributed by atoms with van der Waals surface area (Å²) < 4.78 is 0. The zero-order valence-electron chi connectivity index (χ0n) is 73.5. The molecule has 0 aliphatic carbocycles. The highest BCUT2D eigenvalue weighted by atomic mass is 16.4. The maximum absolute atomic E-state index is 14.6. The van der Waals surface area contributed by atoms with Crippen LogP contribution < -0.4 is 97.0 Å². The van der Waals surface area contributed by atoms with Crippen molar-refractivity contribution in [3.63, 3.8) is 0 Å². The number of primary amides is 1. The molecule has 0 fully saturated rings. The maximum Gasteiger partial charge on any atom is 0.326 e. The van der Waals surface area contributed by atoms with Gasteiger partial charge in [0.05, 0.1) is 62.9 Å². The molecule has 0 unspecified atom stereocenters. The van der Waals surface area contributed by atoms with Gasteiger partial charge in [0.25, 0.3) is 0 Å². The Morgan fingerprint density at radius 1 is 0.421 bits per heavy atom. The number of nitrogens with one attached hydrogen (secondary N) is 16. The molecule has 0 saturated carbocycles. The van der Waals surface area contributed by atoms with Crippen LogP contribution in [0.25, 0.3) is 0 Å². The first kappa shape index (κ1) is 111. The fraction of sp³-hybridized carbons (Fsp3) is 0.506. The van der Waals surface area contributed by atoms with Crippen LogP contribution in [0.2, 0.25) is 0 Å². The Morgan fingerprint density at radius 2 is 0.812 bits per heavy atom. The number of aromatic hydroxyl groups is 2. The van der Waals surface area contributed by atoms with Gasteiger partial charge in [-0.3, -0.25) is 91.1 Å². The Hall–Kier alpha value is -14.4. The number of aliphatic hydroxyl groups excluding tert-OH is 4. The summed E-state index contributed by atoms with van der Waals surface area (Å²) in [6, 6.07) is -8.35. The molecule has 0 aliphatic heterocycles. The molecule has 16 amide bonds. The lowest BCUT2D eigenvalue weighted by atomic mass is 10.00. The van der Waals surface area contributed by atoms with Gasteiger partial charge in [-0.2, -0.15) is 0 Å². The van der Waals surface area contributed by atoms with E-state index in [1.807, 2.05) is 10.6 Å². The van der Waals surface area contributed by atoms with E-state index < -0.39 is 304 Å². The minimum Gasteiger partial charge on any atom is -0.508 e. The van der Waals surface area contributed by atoms with Crippen molar-refractivity contribution >= 4 is 118 Å². The molecule has 0 bridgehead atoms. The molecule has 0 radical (unpaired) electrons. The number of aliphatic hydroxyl groups is 4. The van der Waals surface area contributed by atoms with Gasteiger partial charge in [0, 0.05) is 44.7 Å². The van der Waals surface area contributed by atoms with Gasteiger partial charge in [-0.15, -0.1) is 0 Å². The summed E-state index contributed by atoms with van der Waals surface area (Å²) in [6.45, 7) is 4.25. The highest BCUT2D eigenvalue weighted by Crippen LogP contribution is 2.18. The van der Waals surface area contributed by atoms with Gasteiger partial charge >= 0.3 is 23.9 Å². The number of aliphatic carboxylic acids is 4. The van der Waals surface area contributed by atoms with E-state index in [0.29, 0.717) is 11.3 Å². The summed E-state index contributed by atoms with van der Waals surface area (Å²) in [4.78, 5) is 277. The molecule has 50 nitrogen and oxygen atoms in total. The molecule has 16 atom stereocenters. The van der Waals surface area contributed by atoms with Crippen LogP contribution in [0, 0.1) is 5.92 Å². The first-order valence-corrected chi connectivity index (χ1v) is 41.9. The Kier molecular flexibility index (Phi) is 45.8. The van der Waals surface area contributed by atoms with Crippen molar-refractivity contribution in [2.45, 2.75) is 234 Å². The van der Waals surface area contributed by atoms with Crippen LogP contribution in [0.1, 0.15) is 128 Å². The lowest BCUT2D eigenvalue weighted by Gasteiger charge is -2.29. The number of carbonyl (C=O) groups excluding carboxylic acids is 16. The van der Waals surface area contributed by atoms with Crippen molar-refractivity contribution in [1.82, 2.24) is 89.7 Å². The maximum atomic E-state index is 14.6. The molecule has 0 aliphatic rings. The fourth-order valence-corrected chi connectivity index (χ4v) is 12.7. The quantitative estimate of drug-likeness (QED) is 0.0183. The Bertz CT molecular complexity index is 4680. The number of rotatable bonds is 59. The average molecular weight is 1880 g/mol. The number of hydrogen-bond acceptors (Lipinski definition) is 29. The number of phenolic OH excluding ortho intramolecular Hbond substituents is 2. The number of aromatic nitrogens is 2. The number of nitrogens with zero attached hydrogens (tertiary/aromatic N) is 1. The van der Waals surface area contributed by atoms with Crippen molar-refractivity contribution < 1.29 is 147 Å². The van der Waals surface area contributed by atoms with E-state index in [0.717, 1.165) is 26.0 Å². The largest absolute Gasteiger partial charge is 0.508 e. The average Bonchev–Trinajstić information content (AvgIpc) is 1.17. The van der Waals surface area contributed by atoms with Gasteiger partial charge in [-0.25, -0.2) is 9.78 Å². The van der Waals surface area contributed by atoms with E-state index in [9.17, 15) is 142 Å². The molecule has 133 heavy (non-hydrogen) atoms. The molecule has 4 rings (SSSR count). The SMILES string of the molecule is CC(C)C[C@H](NC(=O)[C@H](Cc1ccc(O)cc1)NC(=O)[C@H](CCCCN)NC(=O)[C@H](CO)NC(=O)[C@H](Cc1ccc(O)cc1)NC(=O)[C@H](CC(=O)O)NC(=O)[C@H](CO)NC(=O)[C@@H](NC(=O)[C@H](Cc1ccccc1)NC(=O)[C@@H](NC(=O)CNC(=O)[C@H](CCC(N)=O)NC(=O)C(C)(C)NC(=O)[C@@H](N)Cc1c[nH]cn1)[C@@H](C)O)[C@@H](C)O)C(=O)N[C@@H](CC(=O)O)C(=O)N[C@@H](CCC(=O)O)C(=O)O. The van der Waals surface area contributed by atoms with Crippen molar-refractivity contribution in [3.05, 3.63) is 114 Å². The summed E-state index contributed by atoms with van der Waals surface area (Å²) >= 11 is 0. The predicted molar refractivity (Wildman–Crippen MR) is 462 cm³/mol. The van der Waals surface area contributed by atoms with E-state index in [2.05, 4.69) is 79.1 Å². The molecule has 1 aromatic heterocycles. The van der Waals surface area contributed by atoms with E-state index in [1.54, 1.807) is 32.0 Å². The summed E-state index contributed by atoms with van der Waals surface area (Å²) in [6.07, 6.45) is -7.28. The molecule has 0 saturated heterocycles. The van der Waals surface area contributed by atoms with Crippen LogP contribution in [0.4, 0.5) is 0 Å². The van der Waals surface area contributed by atoms with E-state index >= 15 is 0 Å². The van der Waals surface area contributed by atoms with Crippen molar-refractivity contribution in [3.8, 4) is 11.5 Å². The predicted octanol–water partition coefficient (Wildman–Crippen LogP) is -9.18. The Labute approximate surface area is 760 Å². The molecule has 50 heteroatoms. The van der Waals surface area contributed by atoms with E-state index in [4.69, 9.17) is 22.3 Å². The first-order chi connectivity index (χ1) is 62.5. The number of nitrogens with two attached hydrogens (primary N) is 3. The molecule has 730 valence electrons. The van der Waals surface area contributed by atoms with Crippen LogP contribution >= 0.6 is 0 Å². The number of amides is 16. The summed E-state index contributed by atoms with van der Waals surface area (Å²) in [7, 11) is 0. The molecule has 4 aromatic rings. The number of carboxylic acids is 4. The van der Waals surface area contributed by atoms with Crippen molar-refractivity contribution in [1.29, 1.82) is 0 Å². The fourth-order valence-electron chi connectivity index (χ4n) is 12.7. The number of benzene rings is 3. The number of unbranched alkanes of at least 4 members (excludes halogenated alkanes) is 1. The second-order valence-corrected chi connectivity index (χ2v) is 32.0. The second kappa shape index (κ2) is 55.0. The minimum absolute atomic E-state index is 0.0200. The zero-order valence-corrected chi connectivity index (χ0v) is 73.5. The number of H-pyrrole nitrogens is 1. The smallest absolute Gasteiger partial charge is 0.326 e. The van der Waals surface area contributed by atoms with Gasteiger partial charge in [-0.05, 0) is 120 Å². The molecule has 3 aromatic carbocycles. The standard InChI is InChI=1S/C83H118N20O30/c1-40(2)28-53(71(121)95-57(33-64(114)115)74(124)91-52(81(131)132)24-26-63(112)113)92-72(122)54(30-44-15-19-47(108)20-16-44)93-70(120)50(14-10-11-27-84)90-77(127)59(37-104)98-73(123)55(31-45-17-21-48(109)22-18-45)94-75(125)58(34-65(116)117)96-78(128)60(38-105)99-80(130)67(42(4)107)102-76(126)56(29-43-12-8-7-9-13-43)97-79(129)66(41(3)106)101-62(111)36-88-69(119)51(23-25-61(86)110)100-82(133)83(5,6)103-68(118)49(85)32-46-35-87-39-89-46/h7-9,12-13,15-22,35,39-42,49-60,66-67,104-109H,10-11,14,23-34,36-38,84-85H2,1-6H3,(H2,86,110)(H,87,89)(H,88,119)(H,90,127)(H,91,124)(H,92,122)(H,93,120)(H,94,125)(H,95,121)(H,96,128)(H,97,129)(H,98,123)(H,99,130)(H,100,133)(H,101,111)(H,102,126)(H,103,118)(H,112,113)(H,114,115)(H,116,117)(H,131,132)/t41-,42-,49+,50+,51+,52+,53+,54+,55+,56+,57+,58+,59+,60+,66+,67+/m1/s1. The minimum atomic E-state index is -2.26. The summed E-state index contributed by atoms with van der Waals surface area (Å²) in [5.41, 5.74) is 16.6. The van der Waals surface area contributed by atoms with Crippen LogP contribution in [-0.4, -0.2) is 308 Å². The topological polar surface area (TPSA) is 831 Å². The summed E-state index contributed by atoms with van der Waals surface area (Å²) in [5.74, 6) is -26.8. The normalized spacial score (nSPS) is 14.8. The van der Waals surface area contributed by atoms with Gasteiger partial charge in [0.15, 0.2) is 0 Å². The zero-order chi connectivity index (χ0) is 99.7. The number of hydrogen-bond donors (Lipinski definition) is 29. The van der Waals surface area contributed by atoms with Crippen LogP contribution in [0.15, 0.2) is 91.4 Å². The van der Waals surface area contributed by atoms with Crippen LogP contribution in [0.3, 0.4) is 0 Å². The molecular weight excluding hydrogens is 1760 g/mol. The number of phenols is 2.